The predicted octanol–water partition coefficient (Wildman–Crippen LogP) is 2.53. The SMILES string of the molecule is Cc1ccc(F)c(-c2cc(CC=O)no2)c1. The van der Waals surface area contributed by atoms with Gasteiger partial charge in [0.1, 0.15) is 12.1 Å². The number of aldehydes is 1. The molecule has 0 aliphatic rings. The van der Waals surface area contributed by atoms with E-state index in [4.69, 9.17) is 4.52 Å². The van der Waals surface area contributed by atoms with Crippen LogP contribution in [0.3, 0.4) is 0 Å². The van der Waals surface area contributed by atoms with E-state index in [0.29, 0.717) is 17.0 Å². The molecule has 0 unspecified atom stereocenters. The van der Waals surface area contributed by atoms with E-state index < -0.39 is 0 Å². The van der Waals surface area contributed by atoms with Gasteiger partial charge in [0, 0.05) is 12.5 Å². The normalized spacial score (nSPS) is 10.4. The van der Waals surface area contributed by atoms with Gasteiger partial charge in [-0.1, -0.05) is 16.8 Å². The number of hydrogen-bond donors (Lipinski definition) is 0. The summed E-state index contributed by atoms with van der Waals surface area (Å²) in [5.41, 5.74) is 1.81. The van der Waals surface area contributed by atoms with E-state index in [9.17, 15) is 9.18 Å². The second-order valence-electron chi connectivity index (χ2n) is 3.54. The maximum Gasteiger partial charge on any atom is 0.170 e. The molecule has 2 aromatic rings. The van der Waals surface area contributed by atoms with Crippen molar-refractivity contribution in [1.82, 2.24) is 5.16 Å². The summed E-state index contributed by atoms with van der Waals surface area (Å²) >= 11 is 0. The Morgan fingerprint density at radius 1 is 1.44 bits per heavy atom. The van der Waals surface area contributed by atoms with Gasteiger partial charge < -0.3 is 9.32 Å². The number of hydrogen-bond acceptors (Lipinski definition) is 3. The third-order valence-corrected chi connectivity index (χ3v) is 2.24. The van der Waals surface area contributed by atoms with Crippen molar-refractivity contribution in [1.29, 1.82) is 0 Å². The number of aryl methyl sites for hydroxylation is 1. The zero-order chi connectivity index (χ0) is 11.5. The van der Waals surface area contributed by atoms with Gasteiger partial charge >= 0.3 is 0 Å². The highest BCUT2D eigenvalue weighted by Crippen LogP contribution is 2.24. The van der Waals surface area contributed by atoms with Crippen molar-refractivity contribution in [2.45, 2.75) is 13.3 Å². The molecule has 0 saturated carbocycles. The van der Waals surface area contributed by atoms with Crippen molar-refractivity contribution < 1.29 is 13.7 Å². The average Bonchev–Trinajstić information content (AvgIpc) is 2.71. The van der Waals surface area contributed by atoms with Crippen LogP contribution in [0.15, 0.2) is 28.8 Å². The lowest BCUT2D eigenvalue weighted by molar-refractivity contribution is -0.107. The quantitative estimate of drug-likeness (QED) is 0.745. The van der Waals surface area contributed by atoms with Gasteiger partial charge in [-0.05, 0) is 19.1 Å². The molecular weight excluding hydrogens is 209 g/mol. The first-order valence-electron chi connectivity index (χ1n) is 4.86. The fourth-order valence-corrected chi connectivity index (χ4v) is 1.45. The number of benzene rings is 1. The Hall–Kier alpha value is -1.97. The van der Waals surface area contributed by atoms with E-state index in [0.717, 1.165) is 11.8 Å². The van der Waals surface area contributed by atoms with Crippen molar-refractivity contribution in [3.8, 4) is 11.3 Å². The molecule has 0 atom stereocenters. The van der Waals surface area contributed by atoms with Crippen LogP contribution in [0.1, 0.15) is 11.3 Å². The number of aromatic nitrogens is 1. The molecular formula is C12H10FNO2. The third kappa shape index (κ3) is 2.00. The molecule has 0 aliphatic carbocycles. The Morgan fingerprint density at radius 3 is 3.00 bits per heavy atom. The van der Waals surface area contributed by atoms with Gasteiger partial charge in [-0.25, -0.2) is 4.39 Å². The minimum absolute atomic E-state index is 0.178. The highest BCUT2D eigenvalue weighted by atomic mass is 19.1. The maximum absolute atomic E-state index is 13.5. The van der Waals surface area contributed by atoms with Crippen molar-refractivity contribution in [2.24, 2.45) is 0 Å². The minimum Gasteiger partial charge on any atom is -0.356 e. The summed E-state index contributed by atoms with van der Waals surface area (Å²) in [6.07, 6.45) is 0.908. The molecule has 3 nitrogen and oxygen atoms in total. The molecule has 0 radical (unpaired) electrons. The molecule has 0 saturated heterocycles. The molecule has 4 heteroatoms. The number of nitrogens with zero attached hydrogens (tertiary/aromatic N) is 1. The molecule has 0 aliphatic heterocycles. The number of halogens is 1. The number of rotatable bonds is 3. The minimum atomic E-state index is -0.362. The van der Waals surface area contributed by atoms with Gasteiger partial charge in [0.05, 0.1) is 11.3 Å². The van der Waals surface area contributed by atoms with Crippen LogP contribution in [0.4, 0.5) is 4.39 Å². The van der Waals surface area contributed by atoms with Crippen LogP contribution in [0.5, 0.6) is 0 Å². The molecule has 16 heavy (non-hydrogen) atoms. The van der Waals surface area contributed by atoms with Crippen LogP contribution in [0, 0.1) is 12.7 Å². The molecule has 1 heterocycles. The Morgan fingerprint density at radius 2 is 2.25 bits per heavy atom. The first-order valence-corrected chi connectivity index (χ1v) is 4.86. The Bertz CT molecular complexity index is 519. The van der Waals surface area contributed by atoms with E-state index >= 15 is 0 Å². The van der Waals surface area contributed by atoms with Gasteiger partial charge in [0.25, 0.3) is 0 Å². The van der Waals surface area contributed by atoms with E-state index in [2.05, 4.69) is 5.16 Å². The molecule has 0 fully saturated rings. The van der Waals surface area contributed by atoms with Crippen LogP contribution < -0.4 is 0 Å². The lowest BCUT2D eigenvalue weighted by Gasteiger charge is -1.99. The topological polar surface area (TPSA) is 43.1 Å². The van der Waals surface area contributed by atoms with Crippen molar-refractivity contribution in [3.63, 3.8) is 0 Å². The molecule has 0 spiro atoms. The lowest BCUT2D eigenvalue weighted by Crippen LogP contribution is -1.84. The fourth-order valence-electron chi connectivity index (χ4n) is 1.45. The Kier molecular flexibility index (Phi) is 2.81. The van der Waals surface area contributed by atoms with Gasteiger partial charge in [-0.15, -0.1) is 0 Å². The summed E-state index contributed by atoms with van der Waals surface area (Å²) in [4.78, 5) is 10.3. The highest BCUT2D eigenvalue weighted by Gasteiger charge is 2.11. The highest BCUT2D eigenvalue weighted by molar-refractivity contribution is 5.61. The Labute approximate surface area is 91.9 Å². The van der Waals surface area contributed by atoms with Gasteiger partial charge in [0.2, 0.25) is 0 Å². The standard InChI is InChI=1S/C12H10FNO2/c1-8-2-3-11(13)10(6-8)12-7-9(4-5-15)14-16-12/h2-3,5-7H,4H2,1H3. The lowest BCUT2D eigenvalue weighted by atomic mass is 10.1. The van der Waals surface area contributed by atoms with Crippen molar-refractivity contribution in [2.75, 3.05) is 0 Å². The van der Waals surface area contributed by atoms with Crippen molar-refractivity contribution >= 4 is 6.29 Å². The van der Waals surface area contributed by atoms with Crippen LogP contribution in [0.2, 0.25) is 0 Å². The molecule has 82 valence electrons. The van der Waals surface area contributed by atoms with E-state index in [1.807, 2.05) is 6.92 Å². The summed E-state index contributed by atoms with van der Waals surface area (Å²) in [6.45, 7) is 1.87. The molecule has 0 N–H and O–H groups in total. The van der Waals surface area contributed by atoms with Crippen LogP contribution in [-0.2, 0) is 11.2 Å². The second-order valence-corrected chi connectivity index (χ2v) is 3.54. The van der Waals surface area contributed by atoms with Crippen molar-refractivity contribution in [3.05, 3.63) is 41.3 Å². The van der Waals surface area contributed by atoms with Gasteiger partial charge in [0.15, 0.2) is 5.76 Å². The summed E-state index contributed by atoms with van der Waals surface area (Å²) < 4.78 is 18.5. The third-order valence-electron chi connectivity index (χ3n) is 2.24. The summed E-state index contributed by atoms with van der Waals surface area (Å²) in [5, 5.41) is 3.68. The summed E-state index contributed by atoms with van der Waals surface area (Å²) in [7, 11) is 0. The maximum atomic E-state index is 13.5. The zero-order valence-corrected chi connectivity index (χ0v) is 8.74. The first kappa shape index (κ1) is 10.5. The molecule has 0 amide bonds. The smallest absolute Gasteiger partial charge is 0.170 e. The van der Waals surface area contributed by atoms with Crippen LogP contribution in [0.25, 0.3) is 11.3 Å². The molecule has 1 aromatic heterocycles. The van der Waals surface area contributed by atoms with E-state index in [-0.39, 0.29) is 12.2 Å². The fraction of sp³-hybridized carbons (Fsp3) is 0.167. The van der Waals surface area contributed by atoms with E-state index in [1.54, 1.807) is 18.2 Å². The van der Waals surface area contributed by atoms with Gasteiger partial charge in [-0.3, -0.25) is 0 Å². The summed E-state index contributed by atoms with van der Waals surface area (Å²) in [6, 6.07) is 6.32. The summed E-state index contributed by atoms with van der Waals surface area (Å²) in [5.74, 6) is -0.0162. The molecule has 0 bridgehead atoms. The van der Waals surface area contributed by atoms with E-state index in [1.165, 1.54) is 6.07 Å². The predicted molar refractivity (Wildman–Crippen MR) is 56.4 cm³/mol. The van der Waals surface area contributed by atoms with Gasteiger partial charge in [-0.2, -0.15) is 0 Å². The first-order chi connectivity index (χ1) is 7.70. The van der Waals surface area contributed by atoms with Crippen LogP contribution >= 0.6 is 0 Å². The zero-order valence-electron chi connectivity index (χ0n) is 8.74. The monoisotopic (exact) mass is 219 g/mol. The number of carbonyl (C=O) groups is 1. The molecule has 2 rings (SSSR count). The van der Waals surface area contributed by atoms with Crippen LogP contribution in [-0.4, -0.2) is 11.4 Å². The second kappa shape index (κ2) is 4.26. The average molecular weight is 219 g/mol. The Balaban J connectivity index is 2.41. The largest absolute Gasteiger partial charge is 0.356 e. The number of carbonyl (C=O) groups excluding carboxylic acids is 1. The molecule has 1 aromatic carbocycles.